The average molecular weight is 318 g/mol. The van der Waals surface area contributed by atoms with E-state index in [1.807, 2.05) is 29.2 Å². The lowest BCUT2D eigenvalue weighted by molar-refractivity contribution is -0.131. The van der Waals surface area contributed by atoms with Crippen LogP contribution in [0.25, 0.3) is 0 Å². The molecule has 2 rings (SSSR count). The van der Waals surface area contributed by atoms with Gasteiger partial charge in [0.05, 0.1) is 7.11 Å². The second-order valence-corrected chi connectivity index (χ2v) is 6.03. The molecule has 0 aliphatic heterocycles. The number of carbonyl (C=O) groups is 2. The Labute approximate surface area is 138 Å². The summed E-state index contributed by atoms with van der Waals surface area (Å²) in [6.45, 7) is 2.59. The predicted molar refractivity (Wildman–Crippen MR) is 89.1 cm³/mol. The number of rotatable bonds is 7. The molecule has 0 atom stereocenters. The fourth-order valence-corrected chi connectivity index (χ4v) is 3.07. The Balaban J connectivity index is 1.75. The number of nitrogens with zero attached hydrogens (tertiary/aromatic N) is 1. The molecule has 0 radical (unpaired) electrons. The van der Waals surface area contributed by atoms with Crippen molar-refractivity contribution in [3.8, 4) is 5.75 Å². The van der Waals surface area contributed by atoms with Gasteiger partial charge in [-0.25, -0.2) is 0 Å². The van der Waals surface area contributed by atoms with Crippen LogP contribution < -0.4 is 10.1 Å². The summed E-state index contributed by atoms with van der Waals surface area (Å²) in [5.41, 5.74) is 1.03. The van der Waals surface area contributed by atoms with Crippen LogP contribution in [0.15, 0.2) is 24.3 Å². The van der Waals surface area contributed by atoms with Crippen molar-refractivity contribution in [2.45, 2.75) is 51.6 Å². The molecule has 1 aliphatic rings. The number of nitrogens with one attached hydrogen (secondary N) is 1. The molecule has 1 saturated carbocycles. The maximum Gasteiger partial charge on any atom is 0.222 e. The fraction of sp³-hybridized carbons (Fsp3) is 0.556. The van der Waals surface area contributed by atoms with Crippen molar-refractivity contribution < 1.29 is 14.3 Å². The Kier molecular flexibility index (Phi) is 6.44. The van der Waals surface area contributed by atoms with E-state index in [1.54, 1.807) is 14.0 Å². The van der Waals surface area contributed by atoms with Gasteiger partial charge in [0.25, 0.3) is 0 Å². The fourth-order valence-electron chi connectivity index (χ4n) is 3.07. The van der Waals surface area contributed by atoms with Crippen LogP contribution in [-0.4, -0.2) is 36.4 Å². The maximum absolute atomic E-state index is 12.0. The molecule has 1 aliphatic carbocycles. The van der Waals surface area contributed by atoms with Crippen molar-refractivity contribution in [1.29, 1.82) is 0 Å². The van der Waals surface area contributed by atoms with Gasteiger partial charge in [-0.15, -0.1) is 0 Å². The number of amides is 2. The Hall–Kier alpha value is -2.04. The zero-order chi connectivity index (χ0) is 16.7. The molecular weight excluding hydrogens is 292 g/mol. The van der Waals surface area contributed by atoms with E-state index in [1.165, 1.54) is 12.8 Å². The number of hydrogen-bond donors (Lipinski definition) is 1. The molecule has 23 heavy (non-hydrogen) atoms. The summed E-state index contributed by atoms with van der Waals surface area (Å²) in [5.74, 6) is 0.846. The van der Waals surface area contributed by atoms with Gasteiger partial charge in [-0.05, 0) is 30.5 Å². The van der Waals surface area contributed by atoms with Crippen LogP contribution in [-0.2, 0) is 16.1 Å². The van der Waals surface area contributed by atoms with Gasteiger partial charge >= 0.3 is 0 Å². The molecule has 0 aromatic heterocycles. The van der Waals surface area contributed by atoms with Crippen LogP contribution in [0.4, 0.5) is 0 Å². The largest absolute Gasteiger partial charge is 0.497 e. The summed E-state index contributed by atoms with van der Waals surface area (Å²) < 4.78 is 5.11. The second kappa shape index (κ2) is 8.56. The van der Waals surface area contributed by atoms with E-state index in [-0.39, 0.29) is 11.8 Å². The van der Waals surface area contributed by atoms with Gasteiger partial charge < -0.3 is 15.0 Å². The van der Waals surface area contributed by atoms with E-state index in [9.17, 15) is 9.59 Å². The number of ether oxygens (including phenoxy) is 1. The molecule has 2 amide bonds. The van der Waals surface area contributed by atoms with Gasteiger partial charge in [0, 0.05) is 32.5 Å². The molecule has 5 nitrogen and oxygen atoms in total. The van der Waals surface area contributed by atoms with Gasteiger partial charge in [0.1, 0.15) is 5.75 Å². The topological polar surface area (TPSA) is 58.6 Å². The molecule has 5 heteroatoms. The Morgan fingerprint density at radius 3 is 2.43 bits per heavy atom. The summed E-state index contributed by atoms with van der Waals surface area (Å²) in [7, 11) is 1.63. The number of hydrogen-bond acceptors (Lipinski definition) is 3. The van der Waals surface area contributed by atoms with Crippen LogP contribution in [0, 0.1) is 0 Å². The lowest BCUT2D eigenvalue weighted by atomic mass is 10.2. The predicted octanol–water partition coefficient (Wildman–Crippen LogP) is 2.49. The SMILES string of the molecule is COc1ccc(CNC(=O)CCN(C(C)=O)C2CCCC2)cc1. The standard InChI is InChI=1S/C18H26N2O3/c1-14(21)20(16-5-3-4-6-16)12-11-18(22)19-13-15-7-9-17(23-2)10-8-15/h7-10,16H,3-6,11-13H2,1-2H3,(H,19,22). The molecule has 0 unspecified atom stereocenters. The first kappa shape index (κ1) is 17.3. The summed E-state index contributed by atoms with van der Waals surface area (Å²) >= 11 is 0. The van der Waals surface area contributed by atoms with Crippen molar-refractivity contribution in [2.24, 2.45) is 0 Å². The van der Waals surface area contributed by atoms with Gasteiger partial charge in [-0.2, -0.15) is 0 Å². The average Bonchev–Trinajstić information content (AvgIpc) is 3.07. The highest BCUT2D eigenvalue weighted by molar-refractivity contribution is 5.78. The van der Waals surface area contributed by atoms with Crippen molar-refractivity contribution in [3.05, 3.63) is 29.8 Å². The van der Waals surface area contributed by atoms with E-state index in [0.29, 0.717) is 25.6 Å². The molecular formula is C18H26N2O3. The molecule has 0 spiro atoms. The van der Waals surface area contributed by atoms with Crippen LogP contribution in [0.1, 0.15) is 44.6 Å². The molecule has 1 aromatic rings. The van der Waals surface area contributed by atoms with Crippen molar-refractivity contribution in [3.63, 3.8) is 0 Å². The van der Waals surface area contributed by atoms with Crippen LogP contribution in [0.3, 0.4) is 0 Å². The minimum Gasteiger partial charge on any atom is -0.497 e. The third-order valence-corrected chi connectivity index (χ3v) is 4.40. The van der Waals surface area contributed by atoms with Gasteiger partial charge in [0.2, 0.25) is 11.8 Å². The van der Waals surface area contributed by atoms with Gasteiger partial charge in [0.15, 0.2) is 0 Å². The minimum absolute atomic E-state index is 0.0231. The molecule has 1 aromatic carbocycles. The summed E-state index contributed by atoms with van der Waals surface area (Å²) in [6, 6.07) is 7.93. The maximum atomic E-state index is 12.0. The van der Waals surface area contributed by atoms with Crippen LogP contribution in [0.5, 0.6) is 5.75 Å². The number of carbonyl (C=O) groups excluding carboxylic acids is 2. The lowest BCUT2D eigenvalue weighted by Crippen LogP contribution is -2.39. The summed E-state index contributed by atoms with van der Waals surface area (Å²) in [5, 5.41) is 2.90. The highest BCUT2D eigenvalue weighted by atomic mass is 16.5. The van der Waals surface area contributed by atoms with E-state index < -0.39 is 0 Å². The summed E-state index contributed by atoms with van der Waals surface area (Å²) in [4.78, 5) is 25.6. The zero-order valence-corrected chi connectivity index (χ0v) is 14.0. The molecule has 0 saturated heterocycles. The van der Waals surface area contributed by atoms with Crippen LogP contribution in [0.2, 0.25) is 0 Å². The van der Waals surface area contributed by atoms with E-state index >= 15 is 0 Å². The van der Waals surface area contributed by atoms with Crippen molar-refractivity contribution in [2.75, 3.05) is 13.7 Å². The Morgan fingerprint density at radius 2 is 1.87 bits per heavy atom. The third kappa shape index (κ3) is 5.27. The molecule has 0 heterocycles. The lowest BCUT2D eigenvalue weighted by Gasteiger charge is -2.27. The first-order chi connectivity index (χ1) is 11.1. The van der Waals surface area contributed by atoms with Crippen molar-refractivity contribution >= 4 is 11.8 Å². The number of benzene rings is 1. The quantitative estimate of drug-likeness (QED) is 0.840. The highest BCUT2D eigenvalue weighted by Crippen LogP contribution is 2.23. The van der Waals surface area contributed by atoms with E-state index in [4.69, 9.17) is 4.74 Å². The number of methoxy groups -OCH3 is 1. The third-order valence-electron chi connectivity index (χ3n) is 4.40. The van der Waals surface area contributed by atoms with Gasteiger partial charge in [-0.3, -0.25) is 9.59 Å². The molecule has 1 N–H and O–H groups in total. The van der Waals surface area contributed by atoms with E-state index in [2.05, 4.69) is 5.32 Å². The first-order valence-corrected chi connectivity index (χ1v) is 8.27. The monoisotopic (exact) mass is 318 g/mol. The highest BCUT2D eigenvalue weighted by Gasteiger charge is 2.24. The van der Waals surface area contributed by atoms with E-state index in [0.717, 1.165) is 24.2 Å². The molecule has 0 bridgehead atoms. The van der Waals surface area contributed by atoms with Crippen molar-refractivity contribution in [1.82, 2.24) is 10.2 Å². The Morgan fingerprint density at radius 1 is 1.22 bits per heavy atom. The zero-order valence-electron chi connectivity index (χ0n) is 14.0. The summed E-state index contributed by atoms with van der Waals surface area (Å²) in [6.07, 6.45) is 4.84. The van der Waals surface area contributed by atoms with Gasteiger partial charge in [-0.1, -0.05) is 25.0 Å². The minimum atomic E-state index is -0.0231. The van der Waals surface area contributed by atoms with Crippen LogP contribution >= 0.6 is 0 Å². The molecule has 1 fully saturated rings. The normalized spacial score (nSPS) is 14.5. The Bertz CT molecular complexity index is 522. The smallest absolute Gasteiger partial charge is 0.222 e. The first-order valence-electron chi connectivity index (χ1n) is 8.27. The molecule has 126 valence electrons. The second-order valence-electron chi connectivity index (χ2n) is 6.03.